The maximum absolute atomic E-state index is 11.4. The first-order chi connectivity index (χ1) is 7.77. The van der Waals surface area contributed by atoms with Crippen LogP contribution in [0.25, 0.3) is 0 Å². The molecule has 0 saturated heterocycles. The predicted molar refractivity (Wildman–Crippen MR) is 57.8 cm³/mol. The van der Waals surface area contributed by atoms with Gasteiger partial charge in [-0.2, -0.15) is 0 Å². The Morgan fingerprint density at radius 2 is 2.00 bits per heavy atom. The molecule has 0 fully saturated rings. The highest BCUT2D eigenvalue weighted by atomic mass is 16.5. The van der Waals surface area contributed by atoms with Gasteiger partial charge in [-0.05, 0) is 17.7 Å². The van der Waals surface area contributed by atoms with E-state index in [0.717, 1.165) is 5.56 Å². The van der Waals surface area contributed by atoms with Gasteiger partial charge >= 0.3 is 5.97 Å². The van der Waals surface area contributed by atoms with Gasteiger partial charge in [0.05, 0.1) is 5.56 Å². The standard InChI is InChI=1S/C12H12O4/c1-2-7-16-12(14)11-5-3-10(4-6-11)8-15-9-13/h2-6,9H,1,7-8H2. The molecule has 1 aromatic carbocycles. The molecule has 0 aliphatic carbocycles. The van der Waals surface area contributed by atoms with E-state index in [0.29, 0.717) is 12.0 Å². The van der Waals surface area contributed by atoms with E-state index in [1.165, 1.54) is 6.08 Å². The number of hydrogen-bond donors (Lipinski definition) is 0. The minimum absolute atomic E-state index is 0.189. The fourth-order valence-corrected chi connectivity index (χ4v) is 1.09. The maximum Gasteiger partial charge on any atom is 0.338 e. The molecular weight excluding hydrogens is 208 g/mol. The number of rotatable bonds is 6. The van der Waals surface area contributed by atoms with E-state index < -0.39 is 5.97 Å². The molecule has 0 aromatic heterocycles. The van der Waals surface area contributed by atoms with Crippen LogP contribution < -0.4 is 0 Å². The average Bonchev–Trinajstić information content (AvgIpc) is 2.34. The summed E-state index contributed by atoms with van der Waals surface area (Å²) < 4.78 is 9.43. The van der Waals surface area contributed by atoms with Crippen LogP contribution in [0, 0.1) is 0 Å². The summed E-state index contributed by atoms with van der Waals surface area (Å²) in [5.41, 5.74) is 1.27. The largest absolute Gasteiger partial charge is 0.463 e. The van der Waals surface area contributed by atoms with Gasteiger partial charge in [0.15, 0.2) is 0 Å². The third-order valence-corrected chi connectivity index (χ3v) is 1.84. The number of hydrogen-bond acceptors (Lipinski definition) is 4. The lowest BCUT2D eigenvalue weighted by atomic mass is 10.1. The molecule has 0 amide bonds. The van der Waals surface area contributed by atoms with Gasteiger partial charge in [0, 0.05) is 0 Å². The van der Waals surface area contributed by atoms with Crippen molar-refractivity contribution >= 4 is 12.4 Å². The number of carbonyl (C=O) groups is 2. The van der Waals surface area contributed by atoms with Crippen LogP contribution in [0.15, 0.2) is 36.9 Å². The summed E-state index contributed by atoms with van der Waals surface area (Å²) in [5.74, 6) is -0.400. The zero-order valence-electron chi connectivity index (χ0n) is 8.72. The number of carbonyl (C=O) groups excluding carboxylic acids is 2. The highest BCUT2D eigenvalue weighted by molar-refractivity contribution is 5.89. The lowest BCUT2D eigenvalue weighted by Crippen LogP contribution is -2.05. The smallest absolute Gasteiger partial charge is 0.338 e. The molecule has 84 valence electrons. The van der Waals surface area contributed by atoms with Crippen LogP contribution in [0.1, 0.15) is 15.9 Å². The third-order valence-electron chi connectivity index (χ3n) is 1.84. The molecule has 0 bridgehead atoms. The molecule has 0 saturated carbocycles. The second-order valence-corrected chi connectivity index (χ2v) is 2.99. The SMILES string of the molecule is C=CCOC(=O)c1ccc(COC=O)cc1. The monoisotopic (exact) mass is 220 g/mol. The Bertz CT molecular complexity index is 367. The van der Waals surface area contributed by atoms with Crippen LogP contribution in [0.3, 0.4) is 0 Å². The van der Waals surface area contributed by atoms with Crippen molar-refractivity contribution in [2.75, 3.05) is 6.61 Å². The van der Waals surface area contributed by atoms with Crippen LogP contribution in [0.4, 0.5) is 0 Å². The van der Waals surface area contributed by atoms with Crippen molar-refractivity contribution in [2.45, 2.75) is 6.61 Å². The topological polar surface area (TPSA) is 52.6 Å². The number of esters is 1. The summed E-state index contributed by atoms with van der Waals surface area (Å²) in [6.45, 7) is 4.22. The predicted octanol–water partition coefficient (Wildman–Crippen LogP) is 1.70. The van der Waals surface area contributed by atoms with Gasteiger partial charge in [-0.25, -0.2) is 4.79 Å². The molecule has 4 nitrogen and oxygen atoms in total. The first kappa shape index (κ1) is 12.0. The van der Waals surface area contributed by atoms with Crippen molar-refractivity contribution in [2.24, 2.45) is 0 Å². The average molecular weight is 220 g/mol. The summed E-state index contributed by atoms with van der Waals surface area (Å²) in [7, 11) is 0. The molecule has 0 heterocycles. The summed E-state index contributed by atoms with van der Waals surface area (Å²) >= 11 is 0. The Morgan fingerprint density at radius 1 is 1.31 bits per heavy atom. The Hall–Kier alpha value is -2.10. The molecule has 16 heavy (non-hydrogen) atoms. The molecule has 4 heteroatoms. The summed E-state index contributed by atoms with van der Waals surface area (Å²) in [6.07, 6.45) is 1.50. The van der Waals surface area contributed by atoms with E-state index in [1.807, 2.05) is 0 Å². The maximum atomic E-state index is 11.4. The van der Waals surface area contributed by atoms with Crippen molar-refractivity contribution in [3.63, 3.8) is 0 Å². The molecular formula is C12H12O4. The van der Waals surface area contributed by atoms with E-state index in [-0.39, 0.29) is 13.2 Å². The first-order valence-electron chi connectivity index (χ1n) is 4.70. The van der Waals surface area contributed by atoms with E-state index in [2.05, 4.69) is 11.3 Å². The molecule has 0 unspecified atom stereocenters. The third kappa shape index (κ3) is 3.57. The Labute approximate surface area is 93.5 Å². The van der Waals surface area contributed by atoms with E-state index in [1.54, 1.807) is 24.3 Å². The minimum Gasteiger partial charge on any atom is -0.463 e. The zero-order valence-corrected chi connectivity index (χ0v) is 8.72. The van der Waals surface area contributed by atoms with E-state index in [4.69, 9.17) is 4.74 Å². The van der Waals surface area contributed by atoms with Gasteiger partial charge in [-0.1, -0.05) is 24.8 Å². The van der Waals surface area contributed by atoms with Gasteiger partial charge in [0.25, 0.3) is 6.47 Å². The molecule has 0 radical (unpaired) electrons. The van der Waals surface area contributed by atoms with Crippen molar-refractivity contribution in [3.05, 3.63) is 48.0 Å². The molecule has 0 N–H and O–H groups in total. The Kier molecular flexibility index (Phi) is 4.79. The molecule has 1 aromatic rings. The number of ether oxygens (including phenoxy) is 2. The lowest BCUT2D eigenvalue weighted by Gasteiger charge is -2.03. The molecule has 0 aliphatic heterocycles. The van der Waals surface area contributed by atoms with Gasteiger partial charge in [-0.3, -0.25) is 4.79 Å². The fraction of sp³-hybridized carbons (Fsp3) is 0.167. The lowest BCUT2D eigenvalue weighted by molar-refractivity contribution is -0.129. The van der Waals surface area contributed by atoms with Gasteiger partial charge in [0.1, 0.15) is 13.2 Å². The highest BCUT2D eigenvalue weighted by Crippen LogP contribution is 2.06. The fourth-order valence-electron chi connectivity index (χ4n) is 1.09. The van der Waals surface area contributed by atoms with Gasteiger partial charge in [-0.15, -0.1) is 0 Å². The Morgan fingerprint density at radius 3 is 2.56 bits per heavy atom. The van der Waals surface area contributed by atoms with Crippen molar-refractivity contribution in [1.82, 2.24) is 0 Å². The minimum atomic E-state index is -0.400. The van der Waals surface area contributed by atoms with Crippen LogP contribution in [0.2, 0.25) is 0 Å². The molecule has 1 rings (SSSR count). The van der Waals surface area contributed by atoms with Crippen LogP contribution in [-0.2, 0) is 20.9 Å². The van der Waals surface area contributed by atoms with Gasteiger partial charge in [0.2, 0.25) is 0 Å². The second-order valence-electron chi connectivity index (χ2n) is 2.99. The summed E-state index contributed by atoms with van der Waals surface area (Å²) in [5, 5.41) is 0. The molecule has 0 aliphatic rings. The summed E-state index contributed by atoms with van der Waals surface area (Å²) in [6, 6.07) is 6.64. The Balaban J connectivity index is 2.59. The van der Waals surface area contributed by atoms with Crippen LogP contribution in [-0.4, -0.2) is 19.0 Å². The number of benzene rings is 1. The normalized spacial score (nSPS) is 9.25. The highest BCUT2D eigenvalue weighted by Gasteiger charge is 2.05. The van der Waals surface area contributed by atoms with Crippen molar-refractivity contribution in [1.29, 1.82) is 0 Å². The van der Waals surface area contributed by atoms with Gasteiger partial charge < -0.3 is 9.47 Å². The van der Waals surface area contributed by atoms with E-state index in [9.17, 15) is 9.59 Å². The van der Waals surface area contributed by atoms with E-state index >= 15 is 0 Å². The molecule has 0 spiro atoms. The quantitative estimate of drug-likeness (QED) is 0.416. The molecule has 0 atom stereocenters. The summed E-state index contributed by atoms with van der Waals surface area (Å²) in [4.78, 5) is 21.3. The second kappa shape index (κ2) is 6.40. The first-order valence-corrected chi connectivity index (χ1v) is 4.70. The zero-order chi connectivity index (χ0) is 11.8. The van der Waals surface area contributed by atoms with Crippen molar-refractivity contribution < 1.29 is 19.1 Å². The van der Waals surface area contributed by atoms with Crippen LogP contribution >= 0.6 is 0 Å². The van der Waals surface area contributed by atoms with Crippen molar-refractivity contribution in [3.8, 4) is 0 Å². The van der Waals surface area contributed by atoms with Crippen LogP contribution in [0.5, 0.6) is 0 Å².